The molecule has 1 N–H and O–H groups in total. The van der Waals surface area contributed by atoms with Crippen LogP contribution in [0.15, 0.2) is 75.9 Å². The SMILES string of the molecule is CCOC(=O)c1cccc(NC(=O)c2ccc(-c3cc(=O)c4cc(C)cc(C)c4o3)cc2)c1. The molecule has 0 unspecified atom stereocenters. The molecule has 0 aliphatic rings. The van der Waals surface area contributed by atoms with Crippen molar-refractivity contribution in [1.82, 2.24) is 0 Å². The summed E-state index contributed by atoms with van der Waals surface area (Å²) in [6, 6.07) is 18.6. The molecule has 4 rings (SSSR count). The van der Waals surface area contributed by atoms with Gasteiger partial charge in [0.05, 0.1) is 17.6 Å². The van der Waals surface area contributed by atoms with E-state index in [1.807, 2.05) is 26.0 Å². The summed E-state index contributed by atoms with van der Waals surface area (Å²) < 4.78 is 11.0. The van der Waals surface area contributed by atoms with Gasteiger partial charge in [-0.25, -0.2) is 4.79 Å². The maximum absolute atomic E-state index is 12.7. The molecule has 0 radical (unpaired) electrons. The molecule has 166 valence electrons. The lowest BCUT2D eigenvalue weighted by Gasteiger charge is -2.09. The first-order chi connectivity index (χ1) is 15.9. The number of fused-ring (bicyclic) bond motifs is 1. The summed E-state index contributed by atoms with van der Waals surface area (Å²) in [5, 5.41) is 3.33. The zero-order chi connectivity index (χ0) is 23.5. The minimum absolute atomic E-state index is 0.110. The van der Waals surface area contributed by atoms with Crippen LogP contribution in [0.4, 0.5) is 5.69 Å². The van der Waals surface area contributed by atoms with Gasteiger partial charge in [0.15, 0.2) is 5.43 Å². The maximum Gasteiger partial charge on any atom is 0.338 e. The van der Waals surface area contributed by atoms with Crippen molar-refractivity contribution in [2.75, 3.05) is 11.9 Å². The predicted octanol–water partition coefficient (Wildman–Crippen LogP) is 5.51. The molecule has 0 spiro atoms. The Labute approximate surface area is 190 Å². The van der Waals surface area contributed by atoms with Gasteiger partial charge < -0.3 is 14.5 Å². The summed E-state index contributed by atoms with van der Waals surface area (Å²) >= 11 is 0. The van der Waals surface area contributed by atoms with Crippen LogP contribution in [0.3, 0.4) is 0 Å². The summed E-state index contributed by atoms with van der Waals surface area (Å²) in [6.45, 7) is 5.86. The van der Waals surface area contributed by atoms with Crippen LogP contribution in [-0.2, 0) is 4.74 Å². The second-order valence-corrected chi connectivity index (χ2v) is 7.77. The van der Waals surface area contributed by atoms with Gasteiger partial charge in [-0.2, -0.15) is 0 Å². The van der Waals surface area contributed by atoms with Crippen LogP contribution < -0.4 is 10.7 Å². The van der Waals surface area contributed by atoms with E-state index in [0.717, 1.165) is 11.1 Å². The molecule has 6 heteroatoms. The third-order valence-electron chi connectivity index (χ3n) is 5.22. The van der Waals surface area contributed by atoms with Crippen LogP contribution in [0.1, 0.15) is 38.8 Å². The molecule has 1 amide bonds. The van der Waals surface area contributed by atoms with Crippen LogP contribution in [0.5, 0.6) is 0 Å². The van der Waals surface area contributed by atoms with E-state index < -0.39 is 5.97 Å². The van der Waals surface area contributed by atoms with E-state index >= 15 is 0 Å². The number of benzene rings is 3. The predicted molar refractivity (Wildman–Crippen MR) is 128 cm³/mol. The standard InChI is InChI=1S/C27H23NO5/c1-4-32-27(31)20-6-5-7-21(14-20)28-26(30)19-10-8-18(9-11-19)24-15-23(29)22-13-16(2)12-17(3)25(22)33-24/h5-15H,4H2,1-3H3,(H,28,30). The average molecular weight is 441 g/mol. The Morgan fingerprint density at radius 1 is 0.939 bits per heavy atom. The van der Waals surface area contributed by atoms with Crippen molar-refractivity contribution in [2.24, 2.45) is 0 Å². The lowest BCUT2D eigenvalue weighted by atomic mass is 10.1. The lowest BCUT2D eigenvalue weighted by molar-refractivity contribution is 0.0526. The number of carbonyl (C=O) groups is 2. The smallest absolute Gasteiger partial charge is 0.338 e. The van der Waals surface area contributed by atoms with Crippen molar-refractivity contribution < 1.29 is 18.7 Å². The van der Waals surface area contributed by atoms with Gasteiger partial charge >= 0.3 is 5.97 Å². The third kappa shape index (κ3) is 4.70. The molecule has 1 aromatic heterocycles. The normalized spacial score (nSPS) is 10.8. The highest BCUT2D eigenvalue weighted by Gasteiger charge is 2.13. The summed E-state index contributed by atoms with van der Waals surface area (Å²) in [4.78, 5) is 37.2. The number of esters is 1. The van der Waals surface area contributed by atoms with E-state index in [1.165, 1.54) is 6.07 Å². The van der Waals surface area contributed by atoms with Gasteiger partial charge in [-0.05, 0) is 68.3 Å². The number of rotatable bonds is 5. The number of amides is 1. The van der Waals surface area contributed by atoms with Gasteiger partial charge in [-0.15, -0.1) is 0 Å². The molecule has 0 atom stereocenters. The van der Waals surface area contributed by atoms with Crippen molar-refractivity contribution >= 4 is 28.5 Å². The van der Waals surface area contributed by atoms with Crippen molar-refractivity contribution in [1.29, 1.82) is 0 Å². The molecule has 6 nitrogen and oxygen atoms in total. The van der Waals surface area contributed by atoms with Crippen molar-refractivity contribution in [3.05, 3.63) is 99.2 Å². The summed E-state index contributed by atoms with van der Waals surface area (Å²) in [6.07, 6.45) is 0. The summed E-state index contributed by atoms with van der Waals surface area (Å²) in [5.74, 6) is -0.331. The molecular formula is C27H23NO5. The summed E-state index contributed by atoms with van der Waals surface area (Å²) in [7, 11) is 0. The third-order valence-corrected chi connectivity index (χ3v) is 5.22. The van der Waals surface area contributed by atoms with Crippen LogP contribution in [0.2, 0.25) is 0 Å². The Hall–Kier alpha value is -4.19. The lowest BCUT2D eigenvalue weighted by Crippen LogP contribution is -2.12. The number of hydrogen-bond acceptors (Lipinski definition) is 5. The molecule has 0 saturated carbocycles. The Morgan fingerprint density at radius 2 is 1.70 bits per heavy atom. The Balaban J connectivity index is 1.57. The van der Waals surface area contributed by atoms with Crippen LogP contribution in [0.25, 0.3) is 22.3 Å². The number of ether oxygens (including phenoxy) is 1. The van der Waals surface area contributed by atoms with Crippen molar-refractivity contribution in [3.8, 4) is 11.3 Å². The summed E-state index contributed by atoms with van der Waals surface area (Å²) in [5.41, 5.74) is 4.31. The average Bonchev–Trinajstić information content (AvgIpc) is 2.80. The maximum atomic E-state index is 12.7. The van der Waals surface area contributed by atoms with E-state index in [9.17, 15) is 14.4 Å². The highest BCUT2D eigenvalue weighted by Crippen LogP contribution is 2.25. The van der Waals surface area contributed by atoms with Crippen molar-refractivity contribution in [3.63, 3.8) is 0 Å². The molecule has 0 aliphatic carbocycles. The van der Waals surface area contributed by atoms with Gasteiger partial charge in [-0.3, -0.25) is 9.59 Å². The molecule has 1 heterocycles. The topological polar surface area (TPSA) is 85.6 Å². The molecule has 0 fully saturated rings. The van der Waals surface area contributed by atoms with Gasteiger partial charge in [-0.1, -0.05) is 24.3 Å². The highest BCUT2D eigenvalue weighted by atomic mass is 16.5. The fraction of sp³-hybridized carbons (Fsp3) is 0.148. The second-order valence-electron chi connectivity index (χ2n) is 7.77. The molecule has 0 saturated heterocycles. The number of nitrogens with one attached hydrogen (secondary N) is 1. The largest absolute Gasteiger partial charge is 0.462 e. The molecule has 0 aliphatic heterocycles. The molecular weight excluding hydrogens is 418 g/mol. The number of aryl methyl sites for hydroxylation is 2. The van der Waals surface area contributed by atoms with Crippen LogP contribution >= 0.6 is 0 Å². The van der Waals surface area contributed by atoms with Gasteiger partial charge in [0.2, 0.25) is 0 Å². The zero-order valence-electron chi connectivity index (χ0n) is 18.6. The first-order valence-corrected chi connectivity index (χ1v) is 10.6. The minimum Gasteiger partial charge on any atom is -0.462 e. The van der Waals surface area contributed by atoms with E-state index in [0.29, 0.717) is 39.1 Å². The number of carbonyl (C=O) groups excluding carboxylic acids is 2. The molecule has 0 bridgehead atoms. The Kier molecular flexibility index (Phi) is 6.09. The molecule has 33 heavy (non-hydrogen) atoms. The molecule has 4 aromatic rings. The Morgan fingerprint density at radius 3 is 2.42 bits per heavy atom. The minimum atomic E-state index is -0.444. The quantitative estimate of drug-likeness (QED) is 0.413. The second kappa shape index (κ2) is 9.12. The van der Waals surface area contributed by atoms with Crippen LogP contribution in [0, 0.1) is 13.8 Å². The highest BCUT2D eigenvalue weighted by molar-refractivity contribution is 6.05. The van der Waals surface area contributed by atoms with E-state index in [-0.39, 0.29) is 17.9 Å². The van der Waals surface area contributed by atoms with E-state index in [2.05, 4.69) is 5.32 Å². The van der Waals surface area contributed by atoms with Crippen LogP contribution in [-0.4, -0.2) is 18.5 Å². The monoisotopic (exact) mass is 441 g/mol. The Bertz CT molecular complexity index is 1420. The number of anilines is 1. The molecule has 3 aromatic carbocycles. The first kappa shape index (κ1) is 22.0. The zero-order valence-corrected chi connectivity index (χ0v) is 18.6. The first-order valence-electron chi connectivity index (χ1n) is 10.6. The van der Waals surface area contributed by atoms with Gasteiger partial charge in [0.1, 0.15) is 11.3 Å². The van der Waals surface area contributed by atoms with E-state index in [4.69, 9.17) is 9.15 Å². The van der Waals surface area contributed by atoms with Gasteiger partial charge in [0, 0.05) is 22.9 Å². The van der Waals surface area contributed by atoms with E-state index in [1.54, 1.807) is 55.5 Å². The fourth-order valence-electron chi connectivity index (χ4n) is 3.68. The van der Waals surface area contributed by atoms with Gasteiger partial charge in [0.25, 0.3) is 5.91 Å². The fourth-order valence-corrected chi connectivity index (χ4v) is 3.68. The van der Waals surface area contributed by atoms with Crippen molar-refractivity contribution in [2.45, 2.75) is 20.8 Å². The number of hydrogen-bond donors (Lipinski definition) is 1.